The van der Waals surface area contributed by atoms with Gasteiger partial charge in [0.15, 0.2) is 0 Å². The normalized spacial score (nSPS) is 13.2. The van der Waals surface area contributed by atoms with E-state index in [2.05, 4.69) is 9.71 Å². The highest BCUT2D eigenvalue weighted by atomic mass is 32.2. The lowest BCUT2D eigenvalue weighted by Gasteiger charge is -2.19. The Hall–Kier alpha value is -1.66. The lowest BCUT2D eigenvalue weighted by Crippen LogP contribution is -2.33. The Labute approximate surface area is 132 Å². The van der Waals surface area contributed by atoms with Crippen LogP contribution in [0.3, 0.4) is 0 Å². The van der Waals surface area contributed by atoms with Crippen molar-refractivity contribution in [2.75, 3.05) is 5.75 Å². The predicted octanol–water partition coefficient (Wildman–Crippen LogP) is 2.54. The number of aromatic nitrogens is 2. The number of hydrogen-bond acceptors (Lipinski definition) is 3. The molecule has 0 aliphatic heterocycles. The molecule has 1 aromatic heterocycles. The van der Waals surface area contributed by atoms with Gasteiger partial charge in [-0.3, -0.25) is 0 Å². The number of unbranched alkanes of at least 4 members (excludes halogenated alkanes) is 1. The van der Waals surface area contributed by atoms with Gasteiger partial charge in [-0.05, 0) is 18.9 Å². The van der Waals surface area contributed by atoms with Gasteiger partial charge in [0.1, 0.15) is 11.9 Å². The topological polar surface area (TPSA) is 64.0 Å². The van der Waals surface area contributed by atoms with Crippen molar-refractivity contribution in [1.82, 2.24) is 14.3 Å². The molecule has 0 fully saturated rings. The standard InChI is InChI=1S/C16H23N3O2S/c1-4-5-11-22(20,21)18-15(16-17-9-10-19(16)3)14-8-6-7-13(2)12-14/h6-10,12,15,18H,4-5,11H2,1-3H3. The van der Waals surface area contributed by atoms with Crippen molar-refractivity contribution in [2.24, 2.45) is 7.05 Å². The van der Waals surface area contributed by atoms with Crippen LogP contribution < -0.4 is 4.72 Å². The van der Waals surface area contributed by atoms with Crippen LogP contribution in [0.25, 0.3) is 0 Å². The molecule has 22 heavy (non-hydrogen) atoms. The third kappa shape index (κ3) is 4.18. The first kappa shape index (κ1) is 16.7. The summed E-state index contributed by atoms with van der Waals surface area (Å²) in [6.07, 6.45) is 4.99. The zero-order valence-electron chi connectivity index (χ0n) is 13.3. The number of rotatable bonds is 7. The molecular formula is C16H23N3O2S. The molecule has 0 saturated carbocycles. The van der Waals surface area contributed by atoms with E-state index in [9.17, 15) is 8.42 Å². The second-order valence-electron chi connectivity index (χ2n) is 5.53. The second kappa shape index (κ2) is 7.07. The first-order valence-corrected chi connectivity index (χ1v) is 9.12. The summed E-state index contributed by atoms with van der Waals surface area (Å²) in [4.78, 5) is 4.32. The fraction of sp³-hybridized carbons (Fsp3) is 0.438. The smallest absolute Gasteiger partial charge is 0.212 e. The van der Waals surface area contributed by atoms with Gasteiger partial charge in [0.25, 0.3) is 0 Å². The molecule has 1 aromatic carbocycles. The van der Waals surface area contributed by atoms with E-state index in [1.807, 2.05) is 55.9 Å². The molecule has 5 nitrogen and oxygen atoms in total. The quantitative estimate of drug-likeness (QED) is 0.852. The predicted molar refractivity (Wildman–Crippen MR) is 88.1 cm³/mol. The molecule has 1 unspecified atom stereocenters. The van der Waals surface area contributed by atoms with E-state index < -0.39 is 16.1 Å². The monoisotopic (exact) mass is 321 g/mol. The molecule has 0 aliphatic carbocycles. The Balaban J connectivity index is 2.37. The maximum atomic E-state index is 12.3. The van der Waals surface area contributed by atoms with Gasteiger partial charge in [-0.25, -0.2) is 18.1 Å². The number of nitrogens with zero attached hydrogens (tertiary/aromatic N) is 2. The molecule has 2 rings (SSSR count). The number of aryl methyl sites for hydroxylation is 2. The number of hydrogen-bond donors (Lipinski definition) is 1. The average molecular weight is 321 g/mol. The zero-order chi connectivity index (χ0) is 16.2. The van der Waals surface area contributed by atoms with Crippen molar-refractivity contribution in [1.29, 1.82) is 0 Å². The van der Waals surface area contributed by atoms with E-state index >= 15 is 0 Å². The molecule has 0 saturated heterocycles. The Bertz CT molecular complexity index is 722. The van der Waals surface area contributed by atoms with Crippen molar-refractivity contribution in [2.45, 2.75) is 32.7 Å². The van der Waals surface area contributed by atoms with Gasteiger partial charge < -0.3 is 4.57 Å². The second-order valence-corrected chi connectivity index (χ2v) is 7.41. The molecule has 0 spiro atoms. The Morgan fingerprint density at radius 3 is 2.73 bits per heavy atom. The molecule has 1 atom stereocenters. The van der Waals surface area contributed by atoms with Crippen LogP contribution in [-0.4, -0.2) is 23.7 Å². The minimum Gasteiger partial charge on any atom is -0.336 e. The van der Waals surface area contributed by atoms with Crippen molar-refractivity contribution in [3.8, 4) is 0 Å². The average Bonchev–Trinajstić information content (AvgIpc) is 2.89. The maximum Gasteiger partial charge on any atom is 0.212 e. The van der Waals surface area contributed by atoms with Gasteiger partial charge in [-0.2, -0.15) is 0 Å². The van der Waals surface area contributed by atoms with Crippen LogP contribution in [0.1, 0.15) is 42.8 Å². The maximum absolute atomic E-state index is 12.3. The number of sulfonamides is 1. The SMILES string of the molecule is CCCCS(=O)(=O)NC(c1cccc(C)c1)c1nccn1C. The summed E-state index contributed by atoms with van der Waals surface area (Å²) in [5, 5.41) is 0. The highest BCUT2D eigenvalue weighted by Gasteiger charge is 2.24. The summed E-state index contributed by atoms with van der Waals surface area (Å²) in [7, 11) is -1.48. The van der Waals surface area contributed by atoms with Crippen molar-refractivity contribution >= 4 is 10.0 Å². The van der Waals surface area contributed by atoms with E-state index in [0.717, 1.165) is 17.5 Å². The number of imidazole rings is 1. The van der Waals surface area contributed by atoms with E-state index in [4.69, 9.17) is 0 Å². The minimum atomic E-state index is -3.35. The summed E-state index contributed by atoms with van der Waals surface area (Å²) < 4.78 is 29.3. The molecular weight excluding hydrogens is 298 g/mol. The summed E-state index contributed by atoms with van der Waals surface area (Å²) in [6.45, 7) is 3.97. The van der Waals surface area contributed by atoms with Gasteiger partial charge in [0, 0.05) is 19.4 Å². The Kier molecular flexibility index (Phi) is 5.37. The minimum absolute atomic E-state index is 0.135. The molecule has 120 valence electrons. The highest BCUT2D eigenvalue weighted by Crippen LogP contribution is 2.22. The molecule has 0 aliphatic rings. The summed E-state index contributed by atoms with van der Waals surface area (Å²) in [5.41, 5.74) is 1.99. The molecule has 2 aromatic rings. The van der Waals surface area contributed by atoms with Crippen LogP contribution in [0.5, 0.6) is 0 Å². The number of benzene rings is 1. The van der Waals surface area contributed by atoms with E-state index in [-0.39, 0.29) is 5.75 Å². The van der Waals surface area contributed by atoms with Crippen molar-refractivity contribution in [3.63, 3.8) is 0 Å². The van der Waals surface area contributed by atoms with Gasteiger partial charge in [0.05, 0.1) is 5.75 Å². The number of nitrogens with one attached hydrogen (secondary N) is 1. The van der Waals surface area contributed by atoms with Crippen LogP contribution in [0.15, 0.2) is 36.7 Å². The molecule has 0 amide bonds. The molecule has 0 bridgehead atoms. The highest BCUT2D eigenvalue weighted by molar-refractivity contribution is 7.89. The van der Waals surface area contributed by atoms with Gasteiger partial charge >= 0.3 is 0 Å². The lowest BCUT2D eigenvalue weighted by atomic mass is 10.0. The third-order valence-corrected chi connectivity index (χ3v) is 4.98. The van der Waals surface area contributed by atoms with Crippen LogP contribution in [-0.2, 0) is 17.1 Å². The molecule has 1 N–H and O–H groups in total. The Morgan fingerprint density at radius 2 is 2.14 bits per heavy atom. The fourth-order valence-electron chi connectivity index (χ4n) is 2.35. The molecule has 1 heterocycles. The van der Waals surface area contributed by atoms with Gasteiger partial charge in [-0.15, -0.1) is 0 Å². The largest absolute Gasteiger partial charge is 0.336 e. The van der Waals surface area contributed by atoms with Gasteiger partial charge in [0.2, 0.25) is 10.0 Å². The fourth-order valence-corrected chi connectivity index (χ4v) is 3.73. The first-order valence-electron chi connectivity index (χ1n) is 7.46. The zero-order valence-corrected chi connectivity index (χ0v) is 14.1. The third-order valence-electron chi connectivity index (χ3n) is 3.56. The first-order chi connectivity index (χ1) is 10.4. The lowest BCUT2D eigenvalue weighted by molar-refractivity contribution is 0.560. The van der Waals surface area contributed by atoms with Crippen LogP contribution >= 0.6 is 0 Å². The van der Waals surface area contributed by atoms with E-state index in [1.165, 1.54) is 0 Å². The van der Waals surface area contributed by atoms with Crippen molar-refractivity contribution < 1.29 is 8.42 Å². The van der Waals surface area contributed by atoms with E-state index in [1.54, 1.807) is 6.20 Å². The summed E-state index contributed by atoms with van der Waals surface area (Å²) >= 11 is 0. The van der Waals surface area contributed by atoms with Crippen LogP contribution in [0.4, 0.5) is 0 Å². The van der Waals surface area contributed by atoms with Crippen LogP contribution in [0.2, 0.25) is 0 Å². The van der Waals surface area contributed by atoms with Crippen molar-refractivity contribution in [3.05, 3.63) is 53.6 Å². The summed E-state index contributed by atoms with van der Waals surface area (Å²) in [5.74, 6) is 0.821. The van der Waals surface area contributed by atoms with Crippen LogP contribution in [0, 0.1) is 6.92 Å². The molecule has 6 heteroatoms. The van der Waals surface area contributed by atoms with E-state index in [0.29, 0.717) is 12.2 Å². The Morgan fingerprint density at radius 1 is 1.36 bits per heavy atom. The molecule has 0 radical (unpaired) electrons. The summed E-state index contributed by atoms with van der Waals surface area (Å²) in [6, 6.07) is 7.36. The van der Waals surface area contributed by atoms with Gasteiger partial charge in [-0.1, -0.05) is 43.2 Å².